The fraction of sp³-hybridized carbons (Fsp3) is 0.385. The predicted molar refractivity (Wildman–Crippen MR) is 70.7 cm³/mol. The monoisotopic (exact) mass is 266 g/mol. The molecule has 4 nitrogen and oxygen atoms in total. The Hall–Kier alpha value is -1.73. The standard InChI is InChI=1S/C13H15ClN2O2/c1-13(2,6-5-12(17)18)16-10-4-3-9(8-15)11(14)7-10/h3-4,7,16H,5-6H2,1-2H3,(H,17,18). The van der Waals surface area contributed by atoms with Crippen LogP contribution >= 0.6 is 11.6 Å². The summed E-state index contributed by atoms with van der Waals surface area (Å²) in [6, 6.07) is 7.05. The van der Waals surface area contributed by atoms with Crippen molar-refractivity contribution in [3.05, 3.63) is 28.8 Å². The van der Waals surface area contributed by atoms with E-state index in [2.05, 4.69) is 5.32 Å². The van der Waals surface area contributed by atoms with Crippen molar-refractivity contribution in [1.29, 1.82) is 5.26 Å². The van der Waals surface area contributed by atoms with Crippen molar-refractivity contribution in [3.8, 4) is 6.07 Å². The number of carboxylic acids is 1. The number of rotatable bonds is 5. The molecule has 0 aliphatic rings. The molecule has 1 aromatic rings. The molecule has 0 atom stereocenters. The first-order chi connectivity index (χ1) is 8.34. The first-order valence-electron chi connectivity index (χ1n) is 5.54. The van der Waals surface area contributed by atoms with Gasteiger partial charge in [0.15, 0.2) is 0 Å². The van der Waals surface area contributed by atoms with Gasteiger partial charge in [0.05, 0.1) is 10.6 Å². The zero-order valence-electron chi connectivity index (χ0n) is 10.3. The number of anilines is 1. The van der Waals surface area contributed by atoms with Gasteiger partial charge in [-0.3, -0.25) is 4.79 Å². The molecule has 0 aromatic heterocycles. The second-order valence-corrected chi connectivity index (χ2v) is 5.12. The third-order valence-electron chi connectivity index (χ3n) is 2.54. The molecule has 0 radical (unpaired) electrons. The van der Waals surface area contributed by atoms with Gasteiger partial charge in [-0.05, 0) is 38.5 Å². The van der Waals surface area contributed by atoms with Gasteiger partial charge >= 0.3 is 5.97 Å². The lowest BCUT2D eigenvalue weighted by atomic mass is 9.98. The predicted octanol–water partition coefficient (Wildman–Crippen LogP) is 3.27. The van der Waals surface area contributed by atoms with Gasteiger partial charge in [-0.25, -0.2) is 0 Å². The van der Waals surface area contributed by atoms with Crippen LogP contribution in [-0.2, 0) is 4.79 Å². The highest BCUT2D eigenvalue weighted by Crippen LogP contribution is 2.24. The summed E-state index contributed by atoms with van der Waals surface area (Å²) in [6.45, 7) is 3.84. The van der Waals surface area contributed by atoms with E-state index in [1.54, 1.807) is 18.2 Å². The average molecular weight is 267 g/mol. The molecule has 0 spiro atoms. The molecular weight excluding hydrogens is 252 g/mol. The summed E-state index contributed by atoms with van der Waals surface area (Å²) in [7, 11) is 0. The molecule has 0 saturated heterocycles. The van der Waals surface area contributed by atoms with Crippen LogP contribution in [0.1, 0.15) is 32.3 Å². The van der Waals surface area contributed by atoms with Gasteiger partial charge < -0.3 is 10.4 Å². The van der Waals surface area contributed by atoms with Crippen molar-refractivity contribution in [1.82, 2.24) is 0 Å². The van der Waals surface area contributed by atoms with Crippen molar-refractivity contribution in [3.63, 3.8) is 0 Å². The topological polar surface area (TPSA) is 73.1 Å². The lowest BCUT2D eigenvalue weighted by Gasteiger charge is -2.27. The van der Waals surface area contributed by atoms with Crippen LogP contribution in [0.5, 0.6) is 0 Å². The number of carboxylic acid groups (broad SMARTS) is 1. The van der Waals surface area contributed by atoms with Crippen molar-refractivity contribution < 1.29 is 9.90 Å². The molecular formula is C13H15ClN2O2. The van der Waals surface area contributed by atoms with Gasteiger partial charge in [0.2, 0.25) is 0 Å². The minimum Gasteiger partial charge on any atom is -0.481 e. The number of nitriles is 1. The molecule has 0 amide bonds. The fourth-order valence-corrected chi connectivity index (χ4v) is 1.78. The Labute approximate surface area is 111 Å². The van der Waals surface area contributed by atoms with Crippen LogP contribution in [0.2, 0.25) is 5.02 Å². The number of hydrogen-bond donors (Lipinski definition) is 2. The minimum absolute atomic E-state index is 0.101. The van der Waals surface area contributed by atoms with E-state index in [0.717, 1.165) is 5.69 Å². The first-order valence-corrected chi connectivity index (χ1v) is 5.91. The molecule has 0 bridgehead atoms. The summed E-state index contributed by atoms with van der Waals surface area (Å²) in [5.74, 6) is -0.817. The number of nitrogens with one attached hydrogen (secondary N) is 1. The van der Waals surface area contributed by atoms with Crippen LogP contribution in [0, 0.1) is 11.3 Å². The molecule has 5 heteroatoms. The third-order valence-corrected chi connectivity index (χ3v) is 2.85. The van der Waals surface area contributed by atoms with E-state index in [0.29, 0.717) is 17.0 Å². The molecule has 0 heterocycles. The smallest absolute Gasteiger partial charge is 0.303 e. The average Bonchev–Trinajstić information content (AvgIpc) is 2.26. The van der Waals surface area contributed by atoms with Crippen molar-refractivity contribution in [2.45, 2.75) is 32.2 Å². The van der Waals surface area contributed by atoms with Crippen molar-refractivity contribution in [2.24, 2.45) is 0 Å². The van der Waals surface area contributed by atoms with Crippen LogP contribution < -0.4 is 5.32 Å². The summed E-state index contributed by atoms with van der Waals surface area (Å²) in [6.07, 6.45) is 0.601. The lowest BCUT2D eigenvalue weighted by Crippen LogP contribution is -2.31. The Kier molecular flexibility index (Phi) is 4.57. The molecule has 0 unspecified atom stereocenters. The summed E-state index contributed by atoms with van der Waals surface area (Å²) in [5.41, 5.74) is 0.843. The van der Waals surface area contributed by atoms with Gasteiger partial charge in [0, 0.05) is 17.6 Å². The number of carbonyl (C=O) groups is 1. The maximum absolute atomic E-state index is 10.6. The molecule has 0 fully saturated rings. The highest BCUT2D eigenvalue weighted by molar-refractivity contribution is 6.32. The Morgan fingerprint density at radius 2 is 2.22 bits per heavy atom. The fourth-order valence-electron chi connectivity index (χ4n) is 1.56. The number of halogens is 1. The van der Waals surface area contributed by atoms with Crippen LogP contribution in [0.3, 0.4) is 0 Å². The summed E-state index contributed by atoms with van der Waals surface area (Å²) in [5, 5.41) is 21.0. The summed E-state index contributed by atoms with van der Waals surface area (Å²) in [4.78, 5) is 10.6. The number of nitrogens with zero attached hydrogens (tertiary/aromatic N) is 1. The number of benzene rings is 1. The van der Waals surface area contributed by atoms with E-state index in [4.69, 9.17) is 22.0 Å². The minimum atomic E-state index is -0.817. The van der Waals surface area contributed by atoms with E-state index >= 15 is 0 Å². The normalized spacial score (nSPS) is 10.8. The molecule has 96 valence electrons. The molecule has 18 heavy (non-hydrogen) atoms. The number of aliphatic carboxylic acids is 1. The second kappa shape index (κ2) is 5.74. The molecule has 0 aliphatic carbocycles. The van der Waals surface area contributed by atoms with Gasteiger partial charge in [-0.1, -0.05) is 11.6 Å². The van der Waals surface area contributed by atoms with Gasteiger partial charge in [-0.2, -0.15) is 5.26 Å². The highest BCUT2D eigenvalue weighted by Gasteiger charge is 2.19. The Morgan fingerprint density at radius 3 is 2.72 bits per heavy atom. The van der Waals surface area contributed by atoms with E-state index in [9.17, 15) is 4.79 Å². The van der Waals surface area contributed by atoms with Crippen LogP contribution in [-0.4, -0.2) is 16.6 Å². The van der Waals surface area contributed by atoms with Crippen LogP contribution in [0.15, 0.2) is 18.2 Å². The Morgan fingerprint density at radius 1 is 1.56 bits per heavy atom. The zero-order chi connectivity index (χ0) is 13.8. The maximum Gasteiger partial charge on any atom is 0.303 e. The largest absolute Gasteiger partial charge is 0.481 e. The second-order valence-electron chi connectivity index (χ2n) is 4.71. The third kappa shape index (κ3) is 4.27. The van der Waals surface area contributed by atoms with Gasteiger partial charge in [0.1, 0.15) is 6.07 Å². The maximum atomic E-state index is 10.6. The molecule has 0 saturated carbocycles. The quantitative estimate of drug-likeness (QED) is 0.858. The SMILES string of the molecule is CC(C)(CCC(=O)O)Nc1ccc(C#N)c(Cl)c1. The van der Waals surface area contributed by atoms with Crippen LogP contribution in [0.25, 0.3) is 0 Å². The molecule has 1 rings (SSSR count). The molecule has 2 N–H and O–H groups in total. The summed E-state index contributed by atoms with van der Waals surface area (Å²) < 4.78 is 0. The molecule has 1 aromatic carbocycles. The van der Waals surface area contributed by atoms with Crippen molar-refractivity contribution >= 4 is 23.3 Å². The van der Waals surface area contributed by atoms with Gasteiger partial charge in [-0.15, -0.1) is 0 Å². The van der Waals surface area contributed by atoms with E-state index < -0.39 is 5.97 Å². The van der Waals surface area contributed by atoms with Crippen LogP contribution in [0.4, 0.5) is 5.69 Å². The van der Waals surface area contributed by atoms with Gasteiger partial charge in [0.25, 0.3) is 0 Å². The summed E-state index contributed by atoms with van der Waals surface area (Å²) >= 11 is 5.93. The first kappa shape index (κ1) is 14.3. The molecule has 0 aliphatic heterocycles. The number of hydrogen-bond acceptors (Lipinski definition) is 3. The van der Waals surface area contributed by atoms with Crippen molar-refractivity contribution in [2.75, 3.05) is 5.32 Å². The van der Waals surface area contributed by atoms with E-state index in [1.807, 2.05) is 19.9 Å². The Balaban J connectivity index is 2.75. The van der Waals surface area contributed by atoms with E-state index in [-0.39, 0.29) is 12.0 Å². The highest BCUT2D eigenvalue weighted by atomic mass is 35.5. The van der Waals surface area contributed by atoms with E-state index in [1.165, 1.54) is 0 Å². The zero-order valence-corrected chi connectivity index (χ0v) is 11.1. The lowest BCUT2D eigenvalue weighted by molar-refractivity contribution is -0.137. The Bertz CT molecular complexity index is 492.